The fraction of sp³-hybridized carbons (Fsp3) is 0.250. The molecule has 0 aliphatic carbocycles. The van der Waals surface area contributed by atoms with Crippen molar-refractivity contribution in [3.63, 3.8) is 0 Å². The Bertz CT molecular complexity index is 1120. The molecule has 3 N–H and O–H groups in total. The molecule has 134 valence electrons. The molecule has 4 aromatic rings. The zero-order valence-corrected chi connectivity index (χ0v) is 14.2. The van der Waals surface area contributed by atoms with Crippen LogP contribution < -0.4 is 5.56 Å². The third-order valence-corrected chi connectivity index (χ3v) is 4.68. The molecule has 4 rings (SSSR count). The van der Waals surface area contributed by atoms with Gasteiger partial charge in [0.25, 0.3) is 5.56 Å². The molecule has 26 heavy (non-hydrogen) atoms. The van der Waals surface area contributed by atoms with Gasteiger partial charge in [-0.2, -0.15) is 0 Å². The minimum Gasteiger partial charge on any atom is -0.453 e. The average Bonchev–Trinajstić information content (AvgIpc) is 3.02. The number of aromatic amines is 1. The van der Waals surface area contributed by atoms with Crippen LogP contribution in [-0.2, 0) is 6.54 Å². The number of hydrogen-bond acceptors (Lipinski definition) is 5. The highest BCUT2D eigenvalue weighted by atomic mass is 16.3. The number of fused-ring (bicyclic) bond motifs is 5. The standard InChI is InChI=1S/C20H20N2O4/c23-10-8-22(9-11-24)12-13-4-3-7-16-17-19(26-18(13)16)14-5-1-2-6-15(14)20(25)21-17/h1-7,23-24H,8-12H2,(H,21,25). The number of aromatic nitrogens is 1. The van der Waals surface area contributed by atoms with Gasteiger partial charge in [-0.3, -0.25) is 9.69 Å². The fourth-order valence-electron chi connectivity index (χ4n) is 3.47. The molecule has 0 unspecified atom stereocenters. The monoisotopic (exact) mass is 352 g/mol. The molecule has 0 atom stereocenters. The number of para-hydroxylation sites is 1. The topological polar surface area (TPSA) is 89.7 Å². The summed E-state index contributed by atoms with van der Waals surface area (Å²) in [6, 6.07) is 13.2. The van der Waals surface area contributed by atoms with E-state index in [1.165, 1.54) is 0 Å². The number of H-pyrrole nitrogens is 1. The van der Waals surface area contributed by atoms with Crippen molar-refractivity contribution in [3.05, 3.63) is 58.4 Å². The predicted molar refractivity (Wildman–Crippen MR) is 101 cm³/mol. The van der Waals surface area contributed by atoms with Gasteiger partial charge in [0, 0.05) is 36.0 Å². The number of nitrogens with one attached hydrogen (secondary N) is 1. The molecule has 6 heteroatoms. The summed E-state index contributed by atoms with van der Waals surface area (Å²) in [7, 11) is 0. The zero-order valence-electron chi connectivity index (χ0n) is 14.2. The molecule has 0 aliphatic heterocycles. The Morgan fingerprint density at radius 2 is 1.58 bits per heavy atom. The average molecular weight is 352 g/mol. The SMILES string of the molecule is O=c1[nH]c2c3cccc(CN(CCO)CCO)c3oc2c2ccccc12. The van der Waals surface area contributed by atoms with Gasteiger partial charge in [0.1, 0.15) is 5.58 Å². The molecule has 0 amide bonds. The van der Waals surface area contributed by atoms with Crippen LogP contribution in [0.1, 0.15) is 5.56 Å². The molecular formula is C20H20N2O4. The molecule has 6 nitrogen and oxygen atoms in total. The van der Waals surface area contributed by atoms with E-state index in [4.69, 9.17) is 4.42 Å². The minimum absolute atomic E-state index is 0.0219. The Balaban J connectivity index is 1.92. The molecule has 2 heterocycles. The van der Waals surface area contributed by atoms with Crippen molar-refractivity contribution in [2.75, 3.05) is 26.3 Å². The van der Waals surface area contributed by atoms with Gasteiger partial charge < -0.3 is 19.6 Å². The highest BCUT2D eigenvalue weighted by molar-refractivity contribution is 6.12. The molecule has 0 radical (unpaired) electrons. The van der Waals surface area contributed by atoms with E-state index in [0.717, 1.165) is 21.9 Å². The van der Waals surface area contributed by atoms with E-state index in [0.29, 0.717) is 36.1 Å². The smallest absolute Gasteiger partial charge is 0.256 e. The number of nitrogens with zero attached hydrogens (tertiary/aromatic N) is 1. The predicted octanol–water partition coefficient (Wildman–Crippen LogP) is 2.21. The Labute approximate surface area is 149 Å². The first-order valence-electron chi connectivity index (χ1n) is 8.62. The van der Waals surface area contributed by atoms with Crippen LogP contribution >= 0.6 is 0 Å². The second-order valence-electron chi connectivity index (χ2n) is 6.32. The third kappa shape index (κ3) is 2.78. The van der Waals surface area contributed by atoms with Crippen LogP contribution in [0.4, 0.5) is 0 Å². The second-order valence-corrected chi connectivity index (χ2v) is 6.32. The van der Waals surface area contributed by atoms with Gasteiger partial charge in [-0.05, 0) is 12.1 Å². The Morgan fingerprint density at radius 3 is 2.31 bits per heavy atom. The van der Waals surface area contributed by atoms with Crippen LogP contribution in [0.3, 0.4) is 0 Å². The summed E-state index contributed by atoms with van der Waals surface area (Å²) in [5.41, 5.74) is 2.89. The molecule has 0 bridgehead atoms. The number of aliphatic hydroxyl groups is 2. The summed E-state index contributed by atoms with van der Waals surface area (Å²) in [6.45, 7) is 1.52. The lowest BCUT2D eigenvalue weighted by molar-refractivity contribution is 0.156. The van der Waals surface area contributed by atoms with Gasteiger partial charge in [0.2, 0.25) is 0 Å². The summed E-state index contributed by atoms with van der Waals surface area (Å²) in [4.78, 5) is 17.3. The molecule has 2 aromatic heterocycles. The Kier molecular flexibility index (Phi) is 4.46. The van der Waals surface area contributed by atoms with Crippen molar-refractivity contribution in [3.8, 4) is 0 Å². The van der Waals surface area contributed by atoms with Crippen LogP contribution in [0, 0.1) is 0 Å². The summed E-state index contributed by atoms with van der Waals surface area (Å²) in [5, 5.41) is 20.7. The highest BCUT2D eigenvalue weighted by Crippen LogP contribution is 2.33. The first kappa shape index (κ1) is 16.8. The van der Waals surface area contributed by atoms with E-state index < -0.39 is 0 Å². The number of pyridine rings is 1. The summed E-state index contributed by atoms with van der Waals surface area (Å²) >= 11 is 0. The first-order chi connectivity index (χ1) is 12.7. The van der Waals surface area contributed by atoms with Crippen molar-refractivity contribution in [2.45, 2.75) is 6.54 Å². The van der Waals surface area contributed by atoms with E-state index >= 15 is 0 Å². The first-order valence-corrected chi connectivity index (χ1v) is 8.62. The van der Waals surface area contributed by atoms with Crippen LogP contribution in [0.25, 0.3) is 32.8 Å². The fourth-order valence-corrected chi connectivity index (χ4v) is 3.47. The van der Waals surface area contributed by atoms with Crippen LogP contribution in [0.15, 0.2) is 51.7 Å². The second kappa shape index (κ2) is 6.92. The van der Waals surface area contributed by atoms with E-state index in [2.05, 4.69) is 4.98 Å². The van der Waals surface area contributed by atoms with Gasteiger partial charge in [-0.1, -0.05) is 30.3 Å². The van der Waals surface area contributed by atoms with E-state index in [1.54, 1.807) is 6.07 Å². The van der Waals surface area contributed by atoms with E-state index in [9.17, 15) is 15.0 Å². The number of hydrogen-bond donors (Lipinski definition) is 3. The Morgan fingerprint density at radius 1 is 0.885 bits per heavy atom. The molecule has 0 spiro atoms. The van der Waals surface area contributed by atoms with Gasteiger partial charge in [-0.25, -0.2) is 0 Å². The third-order valence-electron chi connectivity index (χ3n) is 4.68. The number of aliphatic hydroxyl groups excluding tert-OH is 2. The lowest BCUT2D eigenvalue weighted by Crippen LogP contribution is -2.29. The maximum Gasteiger partial charge on any atom is 0.256 e. The molecular weight excluding hydrogens is 332 g/mol. The number of furan rings is 1. The lowest BCUT2D eigenvalue weighted by Gasteiger charge is -2.20. The van der Waals surface area contributed by atoms with Crippen molar-refractivity contribution in [1.29, 1.82) is 0 Å². The van der Waals surface area contributed by atoms with Gasteiger partial charge in [-0.15, -0.1) is 0 Å². The number of rotatable bonds is 6. The van der Waals surface area contributed by atoms with Crippen molar-refractivity contribution in [2.24, 2.45) is 0 Å². The molecule has 2 aromatic carbocycles. The zero-order chi connectivity index (χ0) is 18.1. The number of benzene rings is 2. The normalized spacial score (nSPS) is 12.0. The molecule has 0 saturated carbocycles. The molecule has 0 fully saturated rings. The highest BCUT2D eigenvalue weighted by Gasteiger charge is 2.16. The van der Waals surface area contributed by atoms with Gasteiger partial charge in [0.15, 0.2) is 5.58 Å². The van der Waals surface area contributed by atoms with E-state index in [1.807, 2.05) is 41.3 Å². The van der Waals surface area contributed by atoms with Crippen LogP contribution in [0.2, 0.25) is 0 Å². The van der Waals surface area contributed by atoms with Crippen LogP contribution in [-0.4, -0.2) is 46.4 Å². The largest absolute Gasteiger partial charge is 0.453 e. The van der Waals surface area contributed by atoms with Crippen molar-refractivity contribution >= 4 is 32.8 Å². The van der Waals surface area contributed by atoms with E-state index in [-0.39, 0.29) is 18.8 Å². The van der Waals surface area contributed by atoms with Crippen molar-refractivity contribution in [1.82, 2.24) is 9.88 Å². The molecule has 0 aliphatic rings. The maximum atomic E-state index is 12.4. The van der Waals surface area contributed by atoms with Gasteiger partial charge in [0.05, 0.1) is 24.1 Å². The van der Waals surface area contributed by atoms with Crippen molar-refractivity contribution < 1.29 is 14.6 Å². The maximum absolute atomic E-state index is 12.4. The van der Waals surface area contributed by atoms with Crippen LogP contribution in [0.5, 0.6) is 0 Å². The lowest BCUT2D eigenvalue weighted by atomic mass is 10.1. The summed E-state index contributed by atoms with van der Waals surface area (Å²) in [5.74, 6) is 0. The molecule has 0 saturated heterocycles. The van der Waals surface area contributed by atoms with Gasteiger partial charge >= 0.3 is 0 Å². The summed E-state index contributed by atoms with van der Waals surface area (Å²) in [6.07, 6.45) is 0. The summed E-state index contributed by atoms with van der Waals surface area (Å²) < 4.78 is 6.19. The quantitative estimate of drug-likeness (QED) is 0.495. The minimum atomic E-state index is -0.136. The Hall–Kier alpha value is -2.67.